The minimum atomic E-state index is 0.528. The summed E-state index contributed by atoms with van der Waals surface area (Å²) < 4.78 is 12.4. The van der Waals surface area contributed by atoms with Crippen molar-refractivity contribution in [2.45, 2.75) is 13.5 Å². The number of aryl methyl sites for hydroxylation is 2. The summed E-state index contributed by atoms with van der Waals surface area (Å²) in [6.07, 6.45) is 1.88. The van der Waals surface area contributed by atoms with E-state index in [2.05, 4.69) is 15.6 Å². The normalized spacial score (nSPS) is 10.6. The van der Waals surface area contributed by atoms with Crippen LogP contribution in [0.25, 0.3) is 0 Å². The maximum absolute atomic E-state index is 5.72. The molecule has 0 amide bonds. The molecule has 1 heterocycles. The lowest BCUT2D eigenvalue weighted by Crippen LogP contribution is -2.07. The van der Waals surface area contributed by atoms with Crippen LogP contribution < -0.4 is 10.1 Å². The molecule has 0 bridgehead atoms. The van der Waals surface area contributed by atoms with E-state index in [4.69, 9.17) is 9.47 Å². The predicted octanol–water partition coefficient (Wildman–Crippen LogP) is 1.76. The highest BCUT2D eigenvalue weighted by atomic mass is 16.5. The van der Waals surface area contributed by atoms with Gasteiger partial charge in [-0.05, 0) is 24.6 Å². The third-order valence-electron chi connectivity index (χ3n) is 2.79. The summed E-state index contributed by atoms with van der Waals surface area (Å²) in [4.78, 5) is 0. The lowest BCUT2D eigenvalue weighted by molar-refractivity contribution is 0.146. The molecule has 0 spiro atoms. The molecule has 6 nitrogen and oxygen atoms in total. The second-order valence-corrected chi connectivity index (χ2v) is 4.58. The Hall–Kier alpha value is -2.08. The zero-order chi connectivity index (χ0) is 14.4. The number of rotatable bonds is 7. The minimum Gasteiger partial charge on any atom is -0.489 e. The van der Waals surface area contributed by atoms with Crippen LogP contribution in [0.1, 0.15) is 11.3 Å². The van der Waals surface area contributed by atoms with E-state index >= 15 is 0 Å². The van der Waals surface area contributed by atoms with Crippen LogP contribution in [0, 0.1) is 6.92 Å². The number of hydrogen-bond acceptors (Lipinski definition) is 5. The topological polar surface area (TPSA) is 61.2 Å². The Kier molecular flexibility index (Phi) is 4.95. The zero-order valence-corrected chi connectivity index (χ0v) is 12.1. The highest BCUT2D eigenvalue weighted by molar-refractivity contribution is 5.57. The maximum Gasteiger partial charge on any atom is 0.142 e. The van der Waals surface area contributed by atoms with Crippen molar-refractivity contribution in [1.29, 1.82) is 0 Å². The summed E-state index contributed by atoms with van der Waals surface area (Å²) in [7, 11) is 3.51. The average molecular weight is 276 g/mol. The fraction of sp³-hybridized carbons (Fsp3) is 0.429. The van der Waals surface area contributed by atoms with E-state index in [1.54, 1.807) is 11.8 Å². The van der Waals surface area contributed by atoms with Gasteiger partial charge in [-0.25, -0.2) is 0 Å². The van der Waals surface area contributed by atoms with Crippen molar-refractivity contribution in [3.05, 3.63) is 35.7 Å². The molecule has 6 heteroatoms. The van der Waals surface area contributed by atoms with Gasteiger partial charge >= 0.3 is 0 Å². The van der Waals surface area contributed by atoms with Gasteiger partial charge in [0, 0.05) is 20.4 Å². The summed E-state index contributed by atoms with van der Waals surface area (Å²) in [6, 6.07) is 6.06. The van der Waals surface area contributed by atoms with Crippen molar-refractivity contribution in [3.63, 3.8) is 0 Å². The molecular weight excluding hydrogens is 256 g/mol. The SMILES string of the molecule is COCCOc1cc(C)ccc1NCc1cn(C)nn1. The third kappa shape index (κ3) is 3.96. The van der Waals surface area contributed by atoms with E-state index in [9.17, 15) is 0 Å². The molecule has 0 unspecified atom stereocenters. The smallest absolute Gasteiger partial charge is 0.142 e. The number of ether oxygens (including phenoxy) is 2. The van der Waals surface area contributed by atoms with Gasteiger partial charge in [0.25, 0.3) is 0 Å². The van der Waals surface area contributed by atoms with Gasteiger partial charge in [-0.2, -0.15) is 0 Å². The van der Waals surface area contributed by atoms with Crippen LogP contribution in [-0.4, -0.2) is 35.3 Å². The minimum absolute atomic E-state index is 0.528. The molecule has 0 aliphatic carbocycles. The average Bonchev–Trinajstić information content (AvgIpc) is 2.84. The first-order chi connectivity index (χ1) is 9.69. The maximum atomic E-state index is 5.72. The second-order valence-electron chi connectivity index (χ2n) is 4.58. The van der Waals surface area contributed by atoms with Crippen molar-refractivity contribution in [1.82, 2.24) is 15.0 Å². The van der Waals surface area contributed by atoms with Crippen molar-refractivity contribution < 1.29 is 9.47 Å². The zero-order valence-electron chi connectivity index (χ0n) is 12.1. The molecule has 20 heavy (non-hydrogen) atoms. The lowest BCUT2D eigenvalue weighted by Gasteiger charge is -2.13. The van der Waals surface area contributed by atoms with Gasteiger partial charge in [-0.1, -0.05) is 11.3 Å². The Morgan fingerprint density at radius 2 is 2.15 bits per heavy atom. The first-order valence-corrected chi connectivity index (χ1v) is 6.50. The van der Waals surface area contributed by atoms with Crippen molar-refractivity contribution >= 4 is 5.69 Å². The van der Waals surface area contributed by atoms with Gasteiger partial charge in [0.1, 0.15) is 18.1 Å². The molecule has 108 valence electrons. The van der Waals surface area contributed by atoms with E-state index in [0.717, 1.165) is 22.7 Å². The predicted molar refractivity (Wildman–Crippen MR) is 76.9 cm³/mol. The monoisotopic (exact) mass is 276 g/mol. The summed E-state index contributed by atoms with van der Waals surface area (Å²) in [5.74, 6) is 0.825. The quantitative estimate of drug-likeness (QED) is 0.781. The second kappa shape index (κ2) is 6.91. The number of nitrogens with zero attached hydrogens (tertiary/aromatic N) is 3. The number of methoxy groups -OCH3 is 1. The summed E-state index contributed by atoms with van der Waals surface area (Å²) in [5.41, 5.74) is 2.98. The summed E-state index contributed by atoms with van der Waals surface area (Å²) in [5, 5.41) is 11.3. The lowest BCUT2D eigenvalue weighted by atomic mass is 10.2. The molecule has 0 saturated carbocycles. The summed E-state index contributed by atoms with van der Waals surface area (Å²) >= 11 is 0. The van der Waals surface area contributed by atoms with Crippen LogP contribution in [0.2, 0.25) is 0 Å². The molecule has 1 aromatic carbocycles. The van der Waals surface area contributed by atoms with Gasteiger partial charge in [0.15, 0.2) is 0 Å². The Morgan fingerprint density at radius 3 is 2.85 bits per heavy atom. The Morgan fingerprint density at radius 1 is 1.30 bits per heavy atom. The van der Waals surface area contributed by atoms with Crippen LogP contribution in [0.5, 0.6) is 5.75 Å². The highest BCUT2D eigenvalue weighted by Gasteiger charge is 2.05. The molecule has 2 aromatic rings. The van der Waals surface area contributed by atoms with E-state index < -0.39 is 0 Å². The molecule has 0 saturated heterocycles. The largest absolute Gasteiger partial charge is 0.489 e. The number of aromatic nitrogens is 3. The van der Waals surface area contributed by atoms with Crippen LogP contribution in [0.3, 0.4) is 0 Å². The Balaban J connectivity index is 2.01. The van der Waals surface area contributed by atoms with Gasteiger partial charge in [-0.3, -0.25) is 4.68 Å². The number of nitrogens with one attached hydrogen (secondary N) is 1. The number of benzene rings is 1. The molecule has 0 radical (unpaired) electrons. The fourth-order valence-electron chi connectivity index (χ4n) is 1.79. The highest BCUT2D eigenvalue weighted by Crippen LogP contribution is 2.26. The number of anilines is 1. The van der Waals surface area contributed by atoms with E-state index in [-0.39, 0.29) is 0 Å². The van der Waals surface area contributed by atoms with Crippen LogP contribution in [-0.2, 0) is 18.3 Å². The van der Waals surface area contributed by atoms with Crippen LogP contribution in [0.15, 0.2) is 24.4 Å². The number of hydrogen-bond donors (Lipinski definition) is 1. The van der Waals surface area contributed by atoms with E-state index in [1.165, 1.54) is 0 Å². The van der Waals surface area contributed by atoms with E-state index in [0.29, 0.717) is 19.8 Å². The molecule has 0 atom stereocenters. The van der Waals surface area contributed by atoms with Crippen molar-refractivity contribution in [2.75, 3.05) is 25.6 Å². The molecular formula is C14H20N4O2. The van der Waals surface area contributed by atoms with Crippen molar-refractivity contribution in [2.24, 2.45) is 7.05 Å². The first-order valence-electron chi connectivity index (χ1n) is 6.50. The van der Waals surface area contributed by atoms with Crippen LogP contribution >= 0.6 is 0 Å². The van der Waals surface area contributed by atoms with Gasteiger partial charge in [-0.15, -0.1) is 5.10 Å². The van der Waals surface area contributed by atoms with Crippen molar-refractivity contribution in [3.8, 4) is 5.75 Å². The molecule has 2 rings (SSSR count). The molecule has 0 fully saturated rings. The standard InChI is InChI=1S/C14H20N4O2/c1-11-4-5-13(14(8-11)20-7-6-19-3)15-9-12-10-18(2)17-16-12/h4-5,8,10,15H,6-7,9H2,1-3H3. The molecule has 0 aliphatic rings. The Labute approximate surface area is 118 Å². The third-order valence-corrected chi connectivity index (χ3v) is 2.79. The van der Waals surface area contributed by atoms with Gasteiger partial charge in [0.05, 0.1) is 18.8 Å². The van der Waals surface area contributed by atoms with Crippen LogP contribution in [0.4, 0.5) is 5.69 Å². The molecule has 1 aromatic heterocycles. The fourth-order valence-corrected chi connectivity index (χ4v) is 1.79. The first kappa shape index (κ1) is 14.3. The Bertz CT molecular complexity index is 554. The van der Waals surface area contributed by atoms with Gasteiger partial charge in [0.2, 0.25) is 0 Å². The van der Waals surface area contributed by atoms with Gasteiger partial charge < -0.3 is 14.8 Å². The molecule has 1 N–H and O–H groups in total. The van der Waals surface area contributed by atoms with E-state index in [1.807, 2.05) is 38.4 Å². The molecule has 0 aliphatic heterocycles. The summed E-state index contributed by atoms with van der Waals surface area (Å²) in [6.45, 7) is 3.74.